The summed E-state index contributed by atoms with van der Waals surface area (Å²) < 4.78 is 42.5. The predicted octanol–water partition coefficient (Wildman–Crippen LogP) is 3.09. The maximum atomic E-state index is 12.5. The van der Waals surface area contributed by atoms with Gasteiger partial charge >= 0.3 is 6.18 Å². The highest BCUT2D eigenvalue weighted by atomic mass is 19.4. The number of carbonyl (C=O) groups excluding carboxylic acids is 1. The van der Waals surface area contributed by atoms with Crippen LogP contribution in [-0.4, -0.2) is 22.7 Å². The van der Waals surface area contributed by atoms with Crippen molar-refractivity contribution in [3.63, 3.8) is 0 Å². The van der Waals surface area contributed by atoms with Crippen LogP contribution >= 0.6 is 0 Å². The minimum atomic E-state index is -4.42. The molecule has 0 radical (unpaired) electrons. The molecule has 2 rings (SSSR count). The van der Waals surface area contributed by atoms with E-state index in [2.05, 4.69) is 10.5 Å². The standard InChI is InChI=1S/C17H19F3N2O3/c1-10-14(11(2)25-22-10)7-8-16(24)21-9-15(23)12-3-5-13(6-4-12)17(18,19)20/h3-6,15,23H,7-9H2,1-2H3,(H,21,24)/t15-/m0/s1. The highest BCUT2D eigenvalue weighted by molar-refractivity contribution is 5.76. The number of benzene rings is 1. The molecule has 136 valence electrons. The molecule has 25 heavy (non-hydrogen) atoms. The molecule has 0 aliphatic rings. The van der Waals surface area contributed by atoms with Gasteiger partial charge < -0.3 is 14.9 Å². The molecule has 1 aromatic carbocycles. The van der Waals surface area contributed by atoms with Crippen LogP contribution in [0.2, 0.25) is 0 Å². The van der Waals surface area contributed by atoms with Gasteiger partial charge in [0, 0.05) is 18.5 Å². The van der Waals surface area contributed by atoms with Crippen molar-refractivity contribution in [3.05, 3.63) is 52.4 Å². The number of hydrogen-bond donors (Lipinski definition) is 2. The lowest BCUT2D eigenvalue weighted by molar-refractivity contribution is -0.137. The number of aliphatic hydroxyl groups excluding tert-OH is 1. The summed E-state index contributed by atoms with van der Waals surface area (Å²) in [5, 5.41) is 16.4. The number of amides is 1. The number of halogens is 3. The van der Waals surface area contributed by atoms with Crippen LogP contribution in [0.25, 0.3) is 0 Å². The molecular weight excluding hydrogens is 337 g/mol. The molecule has 5 nitrogen and oxygen atoms in total. The van der Waals surface area contributed by atoms with Gasteiger partial charge in [0.2, 0.25) is 5.91 Å². The van der Waals surface area contributed by atoms with Crippen molar-refractivity contribution < 1.29 is 27.6 Å². The molecule has 1 heterocycles. The van der Waals surface area contributed by atoms with Crippen molar-refractivity contribution >= 4 is 5.91 Å². The molecule has 0 saturated heterocycles. The largest absolute Gasteiger partial charge is 0.416 e. The molecule has 0 fully saturated rings. The van der Waals surface area contributed by atoms with Gasteiger partial charge in [0.25, 0.3) is 0 Å². The average Bonchev–Trinajstić information content (AvgIpc) is 2.88. The van der Waals surface area contributed by atoms with E-state index in [1.54, 1.807) is 13.8 Å². The van der Waals surface area contributed by atoms with Crippen LogP contribution in [0.3, 0.4) is 0 Å². The SMILES string of the molecule is Cc1noc(C)c1CCC(=O)NC[C@H](O)c1ccc(C(F)(F)F)cc1. The first kappa shape index (κ1) is 19.0. The quantitative estimate of drug-likeness (QED) is 0.834. The summed E-state index contributed by atoms with van der Waals surface area (Å²) in [5.41, 5.74) is 1.12. The van der Waals surface area contributed by atoms with E-state index in [0.717, 1.165) is 23.4 Å². The number of rotatable bonds is 6. The Labute approximate surface area is 142 Å². The molecule has 2 N–H and O–H groups in total. The van der Waals surface area contributed by atoms with Crippen LogP contribution in [-0.2, 0) is 17.4 Å². The minimum Gasteiger partial charge on any atom is -0.387 e. The van der Waals surface area contributed by atoms with Crippen LogP contribution in [0, 0.1) is 13.8 Å². The number of aromatic nitrogens is 1. The lowest BCUT2D eigenvalue weighted by Gasteiger charge is -2.13. The van der Waals surface area contributed by atoms with Gasteiger partial charge in [-0.25, -0.2) is 0 Å². The summed E-state index contributed by atoms with van der Waals surface area (Å²) in [7, 11) is 0. The summed E-state index contributed by atoms with van der Waals surface area (Å²) >= 11 is 0. The first-order chi connectivity index (χ1) is 11.7. The van der Waals surface area contributed by atoms with Gasteiger partial charge in [-0.15, -0.1) is 0 Å². The van der Waals surface area contributed by atoms with Crippen molar-refractivity contribution in [1.82, 2.24) is 10.5 Å². The van der Waals surface area contributed by atoms with Crippen LogP contribution in [0.4, 0.5) is 13.2 Å². The Kier molecular flexibility index (Phi) is 5.84. The zero-order valence-corrected chi connectivity index (χ0v) is 13.9. The fourth-order valence-electron chi connectivity index (χ4n) is 2.41. The van der Waals surface area contributed by atoms with Gasteiger partial charge in [0.15, 0.2) is 0 Å². The monoisotopic (exact) mass is 356 g/mol. The molecule has 1 atom stereocenters. The van der Waals surface area contributed by atoms with Crippen molar-refractivity contribution in [1.29, 1.82) is 0 Å². The third kappa shape index (κ3) is 5.06. The smallest absolute Gasteiger partial charge is 0.387 e. The number of nitrogens with one attached hydrogen (secondary N) is 1. The number of carbonyl (C=O) groups is 1. The van der Waals surface area contributed by atoms with Crippen LogP contribution in [0.5, 0.6) is 0 Å². The third-order valence-electron chi connectivity index (χ3n) is 3.90. The molecule has 0 aliphatic heterocycles. The zero-order valence-electron chi connectivity index (χ0n) is 13.9. The summed E-state index contributed by atoms with van der Waals surface area (Å²) in [4.78, 5) is 11.9. The van der Waals surface area contributed by atoms with Gasteiger partial charge in [0.1, 0.15) is 5.76 Å². The van der Waals surface area contributed by atoms with Gasteiger partial charge in [-0.05, 0) is 38.0 Å². The highest BCUT2D eigenvalue weighted by Gasteiger charge is 2.30. The molecule has 1 aromatic heterocycles. The van der Waals surface area contributed by atoms with E-state index in [0.29, 0.717) is 17.7 Å². The number of aryl methyl sites for hydroxylation is 2. The minimum absolute atomic E-state index is 0.0776. The van der Waals surface area contributed by atoms with E-state index in [9.17, 15) is 23.1 Å². The molecule has 2 aromatic rings. The van der Waals surface area contributed by atoms with E-state index >= 15 is 0 Å². The van der Waals surface area contributed by atoms with Crippen molar-refractivity contribution in [3.8, 4) is 0 Å². The molecule has 0 aliphatic carbocycles. The second-order valence-corrected chi connectivity index (χ2v) is 5.74. The topological polar surface area (TPSA) is 75.4 Å². The Hall–Kier alpha value is -2.35. The van der Waals surface area contributed by atoms with E-state index in [-0.39, 0.29) is 18.9 Å². The van der Waals surface area contributed by atoms with Crippen molar-refractivity contribution in [2.24, 2.45) is 0 Å². The Morgan fingerprint density at radius 3 is 2.44 bits per heavy atom. The molecule has 0 unspecified atom stereocenters. The highest BCUT2D eigenvalue weighted by Crippen LogP contribution is 2.29. The van der Waals surface area contributed by atoms with E-state index in [4.69, 9.17) is 4.52 Å². The molecule has 0 spiro atoms. The zero-order chi connectivity index (χ0) is 18.6. The number of hydrogen-bond acceptors (Lipinski definition) is 4. The first-order valence-electron chi connectivity index (χ1n) is 7.72. The van der Waals surface area contributed by atoms with E-state index in [1.165, 1.54) is 12.1 Å². The van der Waals surface area contributed by atoms with E-state index in [1.807, 2.05) is 0 Å². The van der Waals surface area contributed by atoms with Crippen molar-refractivity contribution in [2.45, 2.75) is 39.0 Å². The lowest BCUT2D eigenvalue weighted by Crippen LogP contribution is -2.28. The van der Waals surface area contributed by atoms with Crippen LogP contribution in [0.15, 0.2) is 28.8 Å². The lowest BCUT2D eigenvalue weighted by atomic mass is 10.1. The second kappa shape index (κ2) is 7.69. The average molecular weight is 356 g/mol. The molecule has 1 amide bonds. The molecular formula is C17H19F3N2O3. The Morgan fingerprint density at radius 1 is 1.28 bits per heavy atom. The van der Waals surface area contributed by atoms with Crippen molar-refractivity contribution in [2.75, 3.05) is 6.54 Å². The summed E-state index contributed by atoms with van der Waals surface area (Å²) in [5.74, 6) is 0.390. The van der Waals surface area contributed by atoms with Gasteiger partial charge in [-0.2, -0.15) is 13.2 Å². The summed E-state index contributed by atoms with van der Waals surface area (Å²) in [6.07, 6.45) is -4.84. The predicted molar refractivity (Wildman–Crippen MR) is 83.7 cm³/mol. The first-order valence-corrected chi connectivity index (χ1v) is 7.72. The van der Waals surface area contributed by atoms with Gasteiger partial charge in [-0.1, -0.05) is 17.3 Å². The Morgan fingerprint density at radius 2 is 1.92 bits per heavy atom. The normalized spacial score (nSPS) is 12.9. The van der Waals surface area contributed by atoms with Crippen LogP contribution in [0.1, 0.15) is 40.7 Å². The molecule has 8 heteroatoms. The Bertz CT molecular complexity index is 704. The van der Waals surface area contributed by atoms with Gasteiger partial charge in [0.05, 0.1) is 17.4 Å². The molecule has 0 bridgehead atoms. The van der Waals surface area contributed by atoms with Crippen LogP contribution < -0.4 is 5.32 Å². The number of nitrogens with zero attached hydrogens (tertiary/aromatic N) is 1. The fourth-order valence-corrected chi connectivity index (χ4v) is 2.41. The fraction of sp³-hybridized carbons (Fsp3) is 0.412. The summed E-state index contributed by atoms with van der Waals surface area (Å²) in [6.45, 7) is 3.48. The Balaban J connectivity index is 1.83. The molecule has 0 saturated carbocycles. The maximum absolute atomic E-state index is 12.5. The summed E-state index contributed by atoms with van der Waals surface area (Å²) in [6, 6.07) is 4.20. The second-order valence-electron chi connectivity index (χ2n) is 5.74. The van der Waals surface area contributed by atoms with Gasteiger partial charge in [-0.3, -0.25) is 4.79 Å². The number of aliphatic hydroxyl groups is 1. The maximum Gasteiger partial charge on any atom is 0.416 e. The number of alkyl halides is 3. The third-order valence-corrected chi connectivity index (χ3v) is 3.90. The van der Waals surface area contributed by atoms with E-state index < -0.39 is 17.8 Å².